The lowest BCUT2D eigenvalue weighted by Crippen LogP contribution is -2.42. The van der Waals surface area contributed by atoms with Gasteiger partial charge in [0.1, 0.15) is 12.7 Å². The molecule has 1 aromatic carbocycles. The van der Waals surface area contributed by atoms with Crippen molar-refractivity contribution in [2.75, 3.05) is 19.8 Å². The standard InChI is InChI=1S/C18H17NO5S/c20-17(12-23-18(21)8-7-14-4-3-9-25-14)19-10-13-11-22-15-5-1-2-6-16(15)24-13/h1-9,13H,10-12H2,(H,19,20)/b8-7+/t13-/m0/s1. The van der Waals surface area contributed by atoms with Gasteiger partial charge in [0, 0.05) is 11.0 Å². The molecule has 1 aliphatic heterocycles. The lowest BCUT2D eigenvalue weighted by Gasteiger charge is -2.26. The second-order valence-electron chi connectivity index (χ2n) is 5.26. The van der Waals surface area contributed by atoms with Gasteiger partial charge < -0.3 is 19.5 Å². The molecule has 130 valence electrons. The van der Waals surface area contributed by atoms with Crippen molar-refractivity contribution in [3.63, 3.8) is 0 Å². The van der Waals surface area contributed by atoms with Gasteiger partial charge in [0.05, 0.1) is 6.54 Å². The van der Waals surface area contributed by atoms with Gasteiger partial charge in [-0.2, -0.15) is 0 Å². The maximum atomic E-state index is 11.8. The summed E-state index contributed by atoms with van der Waals surface area (Å²) in [6.07, 6.45) is 2.66. The lowest BCUT2D eigenvalue weighted by atomic mass is 10.2. The van der Waals surface area contributed by atoms with Gasteiger partial charge in [0.2, 0.25) is 0 Å². The van der Waals surface area contributed by atoms with E-state index in [2.05, 4.69) is 5.32 Å². The minimum Gasteiger partial charge on any atom is -0.486 e. The minimum absolute atomic E-state index is 0.274. The summed E-state index contributed by atoms with van der Waals surface area (Å²) in [6.45, 7) is 0.286. The van der Waals surface area contributed by atoms with E-state index in [1.807, 2.05) is 41.8 Å². The van der Waals surface area contributed by atoms with Crippen LogP contribution in [0, 0.1) is 0 Å². The highest BCUT2D eigenvalue weighted by Crippen LogP contribution is 2.30. The Bertz CT molecular complexity index is 757. The number of para-hydroxylation sites is 2. The molecular formula is C18H17NO5S. The first-order valence-electron chi connectivity index (χ1n) is 7.74. The van der Waals surface area contributed by atoms with Crippen molar-refractivity contribution >= 4 is 29.3 Å². The lowest BCUT2D eigenvalue weighted by molar-refractivity contribution is -0.143. The van der Waals surface area contributed by atoms with Crippen LogP contribution in [-0.2, 0) is 14.3 Å². The molecule has 1 aromatic heterocycles. The Kier molecular flexibility index (Phi) is 5.69. The molecular weight excluding hydrogens is 342 g/mol. The molecule has 0 fully saturated rings. The maximum Gasteiger partial charge on any atom is 0.331 e. The second-order valence-corrected chi connectivity index (χ2v) is 6.24. The van der Waals surface area contributed by atoms with Crippen LogP contribution in [0.4, 0.5) is 0 Å². The molecule has 1 amide bonds. The highest BCUT2D eigenvalue weighted by Gasteiger charge is 2.21. The van der Waals surface area contributed by atoms with Crippen molar-refractivity contribution in [2.24, 2.45) is 0 Å². The zero-order valence-electron chi connectivity index (χ0n) is 13.3. The van der Waals surface area contributed by atoms with Gasteiger partial charge in [-0.05, 0) is 29.7 Å². The van der Waals surface area contributed by atoms with Crippen LogP contribution in [0.5, 0.6) is 11.5 Å². The number of thiophene rings is 1. The Morgan fingerprint density at radius 1 is 1.24 bits per heavy atom. The highest BCUT2D eigenvalue weighted by atomic mass is 32.1. The van der Waals surface area contributed by atoms with Crippen LogP contribution in [0.15, 0.2) is 47.9 Å². The number of hydrogen-bond acceptors (Lipinski definition) is 6. The van der Waals surface area contributed by atoms with E-state index in [0.717, 1.165) is 4.88 Å². The predicted molar refractivity (Wildman–Crippen MR) is 93.7 cm³/mol. The third kappa shape index (κ3) is 5.09. The number of hydrogen-bond donors (Lipinski definition) is 1. The quantitative estimate of drug-likeness (QED) is 0.633. The molecule has 0 saturated heterocycles. The third-order valence-electron chi connectivity index (χ3n) is 3.37. The van der Waals surface area contributed by atoms with Crippen LogP contribution in [0.1, 0.15) is 4.88 Å². The van der Waals surface area contributed by atoms with E-state index in [1.165, 1.54) is 17.4 Å². The number of ether oxygens (including phenoxy) is 3. The number of carbonyl (C=O) groups excluding carboxylic acids is 2. The zero-order chi connectivity index (χ0) is 17.5. The van der Waals surface area contributed by atoms with Gasteiger partial charge in [-0.15, -0.1) is 11.3 Å². The number of benzene rings is 1. The first-order chi connectivity index (χ1) is 12.2. The average molecular weight is 359 g/mol. The molecule has 0 aliphatic carbocycles. The van der Waals surface area contributed by atoms with Gasteiger partial charge >= 0.3 is 5.97 Å². The Morgan fingerprint density at radius 3 is 2.88 bits per heavy atom. The molecule has 25 heavy (non-hydrogen) atoms. The van der Waals surface area contributed by atoms with Crippen LogP contribution in [0.3, 0.4) is 0 Å². The molecule has 7 heteroatoms. The van der Waals surface area contributed by atoms with Crippen molar-refractivity contribution in [3.05, 3.63) is 52.7 Å². The van der Waals surface area contributed by atoms with E-state index < -0.39 is 5.97 Å². The molecule has 0 radical (unpaired) electrons. The normalized spacial score (nSPS) is 15.8. The van der Waals surface area contributed by atoms with E-state index >= 15 is 0 Å². The van der Waals surface area contributed by atoms with Crippen LogP contribution < -0.4 is 14.8 Å². The van der Waals surface area contributed by atoms with Crippen LogP contribution >= 0.6 is 11.3 Å². The van der Waals surface area contributed by atoms with Gasteiger partial charge in [-0.25, -0.2) is 4.79 Å². The number of carbonyl (C=O) groups is 2. The van der Waals surface area contributed by atoms with Gasteiger partial charge in [-0.3, -0.25) is 4.79 Å². The first-order valence-corrected chi connectivity index (χ1v) is 8.62. The van der Waals surface area contributed by atoms with E-state index in [9.17, 15) is 9.59 Å². The summed E-state index contributed by atoms with van der Waals surface area (Å²) in [7, 11) is 0. The molecule has 0 saturated carbocycles. The molecule has 2 heterocycles. The summed E-state index contributed by atoms with van der Waals surface area (Å²) in [5.41, 5.74) is 0. The Hall–Kier alpha value is -2.80. The molecule has 3 rings (SSSR count). The van der Waals surface area contributed by atoms with Crippen molar-refractivity contribution in [3.8, 4) is 11.5 Å². The number of rotatable bonds is 6. The summed E-state index contributed by atoms with van der Waals surface area (Å²) in [6, 6.07) is 11.1. The SMILES string of the molecule is O=C(COC(=O)/C=C/c1cccs1)NC[C@H]1COc2ccccc2O1. The third-order valence-corrected chi connectivity index (χ3v) is 4.20. The average Bonchev–Trinajstić information content (AvgIpc) is 3.16. The summed E-state index contributed by atoms with van der Waals surface area (Å²) in [5.74, 6) is 0.393. The number of nitrogens with one attached hydrogen (secondary N) is 1. The van der Waals surface area contributed by atoms with Gasteiger partial charge in [0.25, 0.3) is 5.91 Å². The van der Waals surface area contributed by atoms with Crippen molar-refractivity contribution in [2.45, 2.75) is 6.10 Å². The van der Waals surface area contributed by atoms with E-state index in [1.54, 1.807) is 6.08 Å². The van der Waals surface area contributed by atoms with Crippen LogP contribution in [0.25, 0.3) is 6.08 Å². The molecule has 2 aromatic rings. The first kappa shape index (κ1) is 17.0. The summed E-state index contributed by atoms with van der Waals surface area (Å²) in [4.78, 5) is 24.3. The van der Waals surface area contributed by atoms with E-state index in [4.69, 9.17) is 14.2 Å². The fourth-order valence-electron chi connectivity index (χ4n) is 2.16. The number of esters is 1. The zero-order valence-corrected chi connectivity index (χ0v) is 14.2. The summed E-state index contributed by atoms with van der Waals surface area (Å²) < 4.78 is 16.2. The second kappa shape index (κ2) is 8.34. The summed E-state index contributed by atoms with van der Waals surface area (Å²) in [5, 5.41) is 4.58. The van der Waals surface area contributed by atoms with Crippen LogP contribution in [-0.4, -0.2) is 37.7 Å². The fourth-order valence-corrected chi connectivity index (χ4v) is 2.78. The van der Waals surface area contributed by atoms with Crippen molar-refractivity contribution in [1.82, 2.24) is 5.32 Å². The Morgan fingerprint density at radius 2 is 2.08 bits per heavy atom. The predicted octanol–water partition coefficient (Wildman–Crippen LogP) is 2.26. The van der Waals surface area contributed by atoms with E-state index in [0.29, 0.717) is 18.1 Å². The van der Waals surface area contributed by atoms with Gasteiger partial charge in [0.15, 0.2) is 18.1 Å². The molecule has 1 aliphatic rings. The smallest absolute Gasteiger partial charge is 0.331 e. The minimum atomic E-state index is -0.560. The molecule has 0 unspecified atom stereocenters. The molecule has 1 N–H and O–H groups in total. The topological polar surface area (TPSA) is 73.9 Å². The monoisotopic (exact) mass is 359 g/mol. The molecule has 0 spiro atoms. The Labute approximate surface area is 149 Å². The highest BCUT2D eigenvalue weighted by molar-refractivity contribution is 7.10. The summed E-state index contributed by atoms with van der Waals surface area (Å²) >= 11 is 1.51. The van der Waals surface area contributed by atoms with Crippen molar-refractivity contribution in [1.29, 1.82) is 0 Å². The fraction of sp³-hybridized carbons (Fsp3) is 0.222. The van der Waals surface area contributed by atoms with Gasteiger partial charge in [-0.1, -0.05) is 18.2 Å². The van der Waals surface area contributed by atoms with Crippen molar-refractivity contribution < 1.29 is 23.8 Å². The number of amides is 1. The van der Waals surface area contributed by atoms with E-state index in [-0.39, 0.29) is 25.2 Å². The molecule has 1 atom stereocenters. The molecule has 6 nitrogen and oxygen atoms in total. The maximum absolute atomic E-state index is 11.8. The van der Waals surface area contributed by atoms with Crippen LogP contribution in [0.2, 0.25) is 0 Å². The largest absolute Gasteiger partial charge is 0.486 e. The molecule has 0 bridgehead atoms. The number of fused-ring (bicyclic) bond motifs is 1. The Balaban J connectivity index is 1.36.